The van der Waals surface area contributed by atoms with Gasteiger partial charge in [-0.25, -0.2) is 0 Å². The molecule has 0 aromatic rings. The average Bonchev–Trinajstić information content (AvgIpc) is 2.96. The SMILES string of the molecule is CCC1=C(C)CC(C2=C(O)/C(=C3\N=C(C)C(CC)=C3C)C2=O)=C1C. The third-order valence-corrected chi connectivity index (χ3v) is 5.56. The largest absolute Gasteiger partial charge is 0.506 e. The van der Waals surface area contributed by atoms with E-state index in [1.807, 2.05) is 13.8 Å². The number of carbonyl (C=O) groups excluding carboxylic acids is 1. The number of aliphatic imine (C=N–C) groups is 1. The van der Waals surface area contributed by atoms with Crippen molar-refractivity contribution in [1.82, 2.24) is 0 Å². The van der Waals surface area contributed by atoms with Crippen molar-refractivity contribution in [2.24, 2.45) is 4.99 Å². The van der Waals surface area contributed by atoms with Gasteiger partial charge in [-0.05, 0) is 74.8 Å². The Labute approximate surface area is 143 Å². The van der Waals surface area contributed by atoms with Gasteiger partial charge in [-0.3, -0.25) is 9.79 Å². The molecule has 3 heteroatoms. The summed E-state index contributed by atoms with van der Waals surface area (Å²) in [4.78, 5) is 17.4. The lowest BCUT2D eigenvalue weighted by Crippen LogP contribution is -2.25. The Morgan fingerprint density at radius 3 is 2.04 bits per heavy atom. The molecule has 126 valence electrons. The molecule has 3 nitrogen and oxygen atoms in total. The van der Waals surface area contributed by atoms with Crippen molar-refractivity contribution in [2.75, 3.05) is 0 Å². The van der Waals surface area contributed by atoms with Gasteiger partial charge < -0.3 is 5.11 Å². The van der Waals surface area contributed by atoms with E-state index in [0.29, 0.717) is 16.8 Å². The van der Waals surface area contributed by atoms with Crippen LogP contribution >= 0.6 is 0 Å². The number of ketones is 1. The summed E-state index contributed by atoms with van der Waals surface area (Å²) >= 11 is 0. The summed E-state index contributed by atoms with van der Waals surface area (Å²) in [6.07, 6.45) is 2.61. The van der Waals surface area contributed by atoms with E-state index in [1.165, 1.54) is 16.7 Å². The molecule has 0 saturated heterocycles. The minimum Gasteiger partial charge on any atom is -0.506 e. The van der Waals surface area contributed by atoms with E-state index < -0.39 is 0 Å². The van der Waals surface area contributed by atoms with E-state index in [0.717, 1.165) is 41.7 Å². The molecule has 0 atom stereocenters. The number of carbonyl (C=O) groups is 1. The van der Waals surface area contributed by atoms with Crippen LogP contribution in [0.5, 0.6) is 0 Å². The van der Waals surface area contributed by atoms with Crippen LogP contribution in [0.2, 0.25) is 0 Å². The molecule has 0 bridgehead atoms. The summed E-state index contributed by atoms with van der Waals surface area (Å²) in [5.74, 6) is 0.0676. The van der Waals surface area contributed by atoms with Crippen LogP contribution in [0.3, 0.4) is 0 Å². The predicted molar refractivity (Wildman–Crippen MR) is 98.1 cm³/mol. The number of nitrogens with zero attached hydrogens (tertiary/aromatic N) is 1. The van der Waals surface area contributed by atoms with Crippen molar-refractivity contribution in [3.63, 3.8) is 0 Å². The first-order valence-electron chi connectivity index (χ1n) is 8.70. The summed E-state index contributed by atoms with van der Waals surface area (Å²) in [5.41, 5.74) is 9.47. The Hall–Kier alpha value is -2.16. The minimum atomic E-state index is -0.0599. The van der Waals surface area contributed by atoms with Crippen LogP contribution in [0, 0.1) is 0 Å². The van der Waals surface area contributed by atoms with Crippen LogP contribution in [-0.2, 0) is 4.79 Å². The second-order valence-corrected chi connectivity index (χ2v) is 6.82. The summed E-state index contributed by atoms with van der Waals surface area (Å²) in [7, 11) is 0. The highest BCUT2D eigenvalue weighted by Crippen LogP contribution is 2.46. The van der Waals surface area contributed by atoms with Crippen LogP contribution in [0.25, 0.3) is 0 Å². The fraction of sp³-hybridized carbons (Fsp3) is 0.429. The van der Waals surface area contributed by atoms with Crippen molar-refractivity contribution in [3.8, 4) is 0 Å². The zero-order valence-electron chi connectivity index (χ0n) is 15.4. The van der Waals surface area contributed by atoms with E-state index in [4.69, 9.17) is 0 Å². The smallest absolute Gasteiger partial charge is 0.203 e. The fourth-order valence-corrected chi connectivity index (χ4v) is 4.25. The van der Waals surface area contributed by atoms with Gasteiger partial charge in [-0.15, -0.1) is 0 Å². The third-order valence-electron chi connectivity index (χ3n) is 5.56. The van der Waals surface area contributed by atoms with Gasteiger partial charge in [0.15, 0.2) is 0 Å². The van der Waals surface area contributed by atoms with Gasteiger partial charge in [0, 0.05) is 5.71 Å². The van der Waals surface area contributed by atoms with Crippen LogP contribution in [-0.4, -0.2) is 16.6 Å². The molecule has 0 aromatic carbocycles. The molecule has 0 amide bonds. The molecule has 0 radical (unpaired) electrons. The molecular weight excluding hydrogens is 298 g/mol. The second-order valence-electron chi connectivity index (χ2n) is 6.82. The average molecular weight is 323 g/mol. The number of aliphatic hydroxyl groups excluding tert-OH is 1. The Morgan fingerprint density at radius 2 is 1.58 bits per heavy atom. The van der Waals surface area contributed by atoms with Crippen molar-refractivity contribution in [1.29, 1.82) is 0 Å². The normalized spacial score (nSPS) is 24.6. The van der Waals surface area contributed by atoms with Crippen molar-refractivity contribution < 1.29 is 9.90 Å². The van der Waals surface area contributed by atoms with Gasteiger partial charge in [0.25, 0.3) is 0 Å². The Kier molecular flexibility index (Phi) is 3.98. The molecular formula is C21H25NO2. The Bertz CT molecular complexity index is 854. The molecule has 0 aromatic heterocycles. The number of allylic oxidation sites excluding steroid dienone is 8. The van der Waals surface area contributed by atoms with Crippen LogP contribution in [0.4, 0.5) is 0 Å². The number of aliphatic hydroxyl groups is 1. The topological polar surface area (TPSA) is 49.7 Å². The number of rotatable bonds is 3. The van der Waals surface area contributed by atoms with Crippen LogP contribution < -0.4 is 0 Å². The number of hydrogen-bond acceptors (Lipinski definition) is 3. The van der Waals surface area contributed by atoms with Crippen LogP contribution in [0.15, 0.2) is 61.0 Å². The summed E-state index contributed by atoms with van der Waals surface area (Å²) in [6.45, 7) is 12.3. The maximum atomic E-state index is 12.8. The minimum absolute atomic E-state index is 0.0599. The maximum Gasteiger partial charge on any atom is 0.203 e. The molecule has 0 saturated carbocycles. The van der Waals surface area contributed by atoms with E-state index in [2.05, 4.69) is 32.7 Å². The fourth-order valence-electron chi connectivity index (χ4n) is 4.25. The van der Waals surface area contributed by atoms with E-state index >= 15 is 0 Å². The first kappa shape index (κ1) is 16.7. The zero-order valence-corrected chi connectivity index (χ0v) is 15.4. The standard InChI is InChI=1S/C21H25NO2/c1-7-14-10(3)9-16(11(14)4)17-20(23)18(21(17)24)19-12(5)15(8-2)13(6)22-19/h23H,7-9H2,1-6H3/b19-18+. The highest BCUT2D eigenvalue weighted by molar-refractivity contribution is 6.23. The van der Waals surface area contributed by atoms with Gasteiger partial charge in [-0.1, -0.05) is 19.4 Å². The first-order valence-corrected chi connectivity index (χ1v) is 8.70. The van der Waals surface area contributed by atoms with E-state index in [9.17, 15) is 9.90 Å². The molecule has 1 N–H and O–H groups in total. The molecule has 3 aliphatic rings. The third kappa shape index (κ3) is 2.10. The van der Waals surface area contributed by atoms with E-state index in [1.54, 1.807) is 0 Å². The summed E-state index contributed by atoms with van der Waals surface area (Å²) < 4.78 is 0. The predicted octanol–water partition coefficient (Wildman–Crippen LogP) is 5.28. The second kappa shape index (κ2) is 5.73. The number of hydrogen-bond donors (Lipinski definition) is 1. The van der Waals surface area contributed by atoms with E-state index in [-0.39, 0.29) is 11.5 Å². The maximum absolute atomic E-state index is 12.8. The molecule has 2 aliphatic carbocycles. The highest BCUT2D eigenvalue weighted by atomic mass is 16.3. The van der Waals surface area contributed by atoms with Gasteiger partial charge in [-0.2, -0.15) is 0 Å². The Balaban J connectivity index is 2.09. The first-order chi connectivity index (χ1) is 11.3. The number of Topliss-reactive ketones (excluding diaryl/α,β-unsaturated/α-hetero) is 1. The van der Waals surface area contributed by atoms with Gasteiger partial charge in [0.05, 0.1) is 16.8 Å². The quantitative estimate of drug-likeness (QED) is 0.718. The van der Waals surface area contributed by atoms with Crippen molar-refractivity contribution in [2.45, 2.75) is 60.8 Å². The molecule has 0 spiro atoms. The van der Waals surface area contributed by atoms with Crippen molar-refractivity contribution >= 4 is 11.5 Å². The van der Waals surface area contributed by atoms with Crippen molar-refractivity contribution in [3.05, 3.63) is 56.0 Å². The molecule has 1 heterocycles. The lowest BCUT2D eigenvalue weighted by atomic mass is 9.79. The lowest BCUT2D eigenvalue weighted by Gasteiger charge is -2.24. The lowest BCUT2D eigenvalue weighted by molar-refractivity contribution is -0.113. The molecule has 1 aliphatic heterocycles. The van der Waals surface area contributed by atoms with Gasteiger partial charge in [0.2, 0.25) is 5.78 Å². The molecule has 3 rings (SSSR count). The molecule has 0 unspecified atom stereocenters. The molecule has 0 fully saturated rings. The van der Waals surface area contributed by atoms with Crippen LogP contribution in [0.1, 0.15) is 60.8 Å². The highest BCUT2D eigenvalue weighted by Gasteiger charge is 2.41. The summed E-state index contributed by atoms with van der Waals surface area (Å²) in [5, 5.41) is 10.6. The molecule has 24 heavy (non-hydrogen) atoms. The monoisotopic (exact) mass is 323 g/mol. The van der Waals surface area contributed by atoms with Gasteiger partial charge in [0.1, 0.15) is 5.76 Å². The zero-order chi connectivity index (χ0) is 17.8. The van der Waals surface area contributed by atoms with Gasteiger partial charge >= 0.3 is 0 Å². The Morgan fingerprint density at radius 1 is 0.958 bits per heavy atom. The summed E-state index contributed by atoms with van der Waals surface area (Å²) in [6, 6.07) is 0.